The van der Waals surface area contributed by atoms with Gasteiger partial charge in [0.25, 0.3) is 0 Å². The molecule has 0 spiro atoms. The van der Waals surface area contributed by atoms with Gasteiger partial charge in [0, 0.05) is 4.47 Å². The van der Waals surface area contributed by atoms with Crippen molar-refractivity contribution >= 4 is 28.5 Å². The molecule has 6 heteroatoms. The number of ether oxygens (including phenoxy) is 1. The highest BCUT2D eigenvalue weighted by Crippen LogP contribution is 2.30. The van der Waals surface area contributed by atoms with E-state index in [2.05, 4.69) is 15.9 Å². The number of hydrogen-bond acceptors (Lipinski definition) is 4. The van der Waals surface area contributed by atoms with Gasteiger partial charge in [-0.2, -0.15) is 0 Å². The largest absolute Gasteiger partial charge is 0.493 e. The number of aliphatic hydroxyl groups is 1. The van der Waals surface area contributed by atoms with Crippen molar-refractivity contribution in [2.45, 2.75) is 51.7 Å². The van der Waals surface area contributed by atoms with Gasteiger partial charge in [-0.25, -0.2) is 0 Å². The van der Waals surface area contributed by atoms with Gasteiger partial charge in [-0.15, -0.1) is 0 Å². The fourth-order valence-corrected chi connectivity index (χ4v) is 2.29. The Balaban J connectivity index is 2.09. The molecule has 0 heterocycles. The molecule has 0 amide bonds. The summed E-state index contributed by atoms with van der Waals surface area (Å²) in [6.45, 7) is 7.52. The second-order valence-corrected chi connectivity index (χ2v) is 7.93. The first-order chi connectivity index (χ1) is 10.1. The molecule has 1 fully saturated rings. The van der Waals surface area contributed by atoms with Crippen LogP contribution in [0.5, 0.6) is 5.75 Å². The van der Waals surface area contributed by atoms with Gasteiger partial charge in [0.2, 0.25) is 0 Å². The summed E-state index contributed by atoms with van der Waals surface area (Å²) < 4.78 is 12.2. The van der Waals surface area contributed by atoms with Crippen LogP contribution in [0.25, 0.3) is 0 Å². The molecule has 2 N–H and O–H groups in total. The monoisotopic (exact) mass is 370 g/mol. The topological polar surface area (TPSA) is 58.9 Å². The van der Waals surface area contributed by atoms with Crippen LogP contribution in [0.4, 0.5) is 0 Å². The van der Waals surface area contributed by atoms with Crippen molar-refractivity contribution < 1.29 is 19.5 Å². The molecule has 0 radical (unpaired) electrons. The van der Waals surface area contributed by atoms with Gasteiger partial charge in [0.15, 0.2) is 0 Å². The Kier molecular flexibility index (Phi) is 5.27. The van der Waals surface area contributed by atoms with Gasteiger partial charge in [-0.1, -0.05) is 15.9 Å². The molecule has 0 saturated heterocycles. The first-order valence-electron chi connectivity index (χ1n) is 7.60. The molecule has 1 aromatic rings. The molecular weight excluding hydrogens is 347 g/mol. The SMILES string of the molecule is CC(C)(O)C(C)(C)OB(O)c1cc(Br)cc(OCC2CC2)c1. The predicted octanol–water partition coefficient (Wildman–Crippen LogP) is 2.49. The molecular formula is C16H24BBrO4. The van der Waals surface area contributed by atoms with Gasteiger partial charge in [-0.3, -0.25) is 0 Å². The fourth-order valence-electron chi connectivity index (χ4n) is 1.80. The van der Waals surface area contributed by atoms with Crippen LogP contribution in [-0.2, 0) is 4.65 Å². The summed E-state index contributed by atoms with van der Waals surface area (Å²) in [5.74, 6) is 1.37. The molecule has 0 bridgehead atoms. The van der Waals surface area contributed by atoms with Gasteiger partial charge >= 0.3 is 7.12 Å². The lowest BCUT2D eigenvalue weighted by Crippen LogP contribution is -2.53. The maximum absolute atomic E-state index is 10.3. The van der Waals surface area contributed by atoms with Crippen molar-refractivity contribution in [3.05, 3.63) is 22.7 Å². The van der Waals surface area contributed by atoms with Crippen molar-refractivity contribution in [1.29, 1.82) is 0 Å². The molecule has 4 nitrogen and oxygen atoms in total. The van der Waals surface area contributed by atoms with Crippen molar-refractivity contribution in [2.24, 2.45) is 5.92 Å². The van der Waals surface area contributed by atoms with E-state index in [1.165, 1.54) is 12.8 Å². The Morgan fingerprint density at radius 2 is 1.86 bits per heavy atom. The van der Waals surface area contributed by atoms with Gasteiger partial charge in [-0.05, 0) is 70.1 Å². The van der Waals surface area contributed by atoms with Crippen molar-refractivity contribution in [3.63, 3.8) is 0 Å². The molecule has 0 aromatic heterocycles. The van der Waals surface area contributed by atoms with Gasteiger partial charge in [0.05, 0.1) is 17.8 Å². The minimum Gasteiger partial charge on any atom is -0.493 e. The minimum absolute atomic E-state index is 0.595. The summed E-state index contributed by atoms with van der Waals surface area (Å²) in [6, 6.07) is 5.44. The highest BCUT2D eigenvalue weighted by atomic mass is 79.9. The van der Waals surface area contributed by atoms with E-state index in [4.69, 9.17) is 9.39 Å². The zero-order valence-corrected chi connectivity index (χ0v) is 15.2. The van der Waals surface area contributed by atoms with E-state index in [1.54, 1.807) is 39.8 Å². The maximum atomic E-state index is 10.3. The maximum Gasteiger partial charge on any atom is 0.491 e. The van der Waals surface area contributed by atoms with Crippen LogP contribution in [0, 0.1) is 5.92 Å². The summed E-state index contributed by atoms with van der Waals surface area (Å²) in [5.41, 5.74) is -1.38. The Labute approximate surface area is 141 Å². The fraction of sp³-hybridized carbons (Fsp3) is 0.625. The van der Waals surface area contributed by atoms with E-state index in [-0.39, 0.29) is 0 Å². The highest BCUT2D eigenvalue weighted by Gasteiger charge is 2.39. The minimum atomic E-state index is -1.14. The van der Waals surface area contributed by atoms with E-state index in [0.29, 0.717) is 23.7 Å². The first-order valence-corrected chi connectivity index (χ1v) is 8.39. The second-order valence-electron chi connectivity index (χ2n) is 7.01. The Hall–Kier alpha value is -0.555. The van der Waals surface area contributed by atoms with E-state index in [1.807, 2.05) is 6.07 Å². The molecule has 0 atom stereocenters. The number of rotatable bonds is 7. The molecule has 22 heavy (non-hydrogen) atoms. The quantitative estimate of drug-likeness (QED) is 0.724. The van der Waals surface area contributed by atoms with Crippen LogP contribution in [0.15, 0.2) is 22.7 Å². The summed E-state index contributed by atoms with van der Waals surface area (Å²) in [4.78, 5) is 0. The van der Waals surface area contributed by atoms with Crippen LogP contribution in [0.3, 0.4) is 0 Å². The molecule has 1 aliphatic carbocycles. The van der Waals surface area contributed by atoms with Gasteiger partial charge in [0.1, 0.15) is 5.75 Å². The lowest BCUT2D eigenvalue weighted by molar-refractivity contribution is -0.0982. The predicted molar refractivity (Wildman–Crippen MR) is 91.4 cm³/mol. The Bertz CT molecular complexity index is 523. The Morgan fingerprint density at radius 3 is 2.41 bits per heavy atom. The van der Waals surface area contributed by atoms with Crippen molar-refractivity contribution in [1.82, 2.24) is 0 Å². The van der Waals surface area contributed by atoms with Crippen LogP contribution in [0.1, 0.15) is 40.5 Å². The van der Waals surface area contributed by atoms with E-state index >= 15 is 0 Å². The molecule has 0 unspecified atom stereocenters. The van der Waals surface area contributed by atoms with Crippen molar-refractivity contribution in [2.75, 3.05) is 6.61 Å². The molecule has 1 aliphatic rings. The average Bonchev–Trinajstić information content (AvgIpc) is 3.17. The standard InChI is InChI=1S/C16H24BBrO4/c1-15(2,19)16(3,4)22-17(20)12-7-13(18)9-14(8-12)21-10-11-5-6-11/h7-9,11,19-20H,5-6,10H2,1-4H3. The van der Waals surface area contributed by atoms with Crippen LogP contribution in [0.2, 0.25) is 0 Å². The summed E-state index contributed by atoms with van der Waals surface area (Å²) >= 11 is 3.43. The van der Waals surface area contributed by atoms with Crippen molar-refractivity contribution in [3.8, 4) is 5.75 Å². The van der Waals surface area contributed by atoms with Crippen LogP contribution < -0.4 is 10.2 Å². The summed E-state index contributed by atoms with van der Waals surface area (Å²) in [5, 5.41) is 20.5. The Morgan fingerprint density at radius 1 is 1.23 bits per heavy atom. The third kappa shape index (κ3) is 4.72. The number of benzene rings is 1. The number of hydrogen-bond donors (Lipinski definition) is 2. The molecule has 1 aromatic carbocycles. The highest BCUT2D eigenvalue weighted by molar-refractivity contribution is 9.10. The number of halogens is 1. The van der Waals surface area contributed by atoms with E-state index < -0.39 is 18.3 Å². The van der Waals surface area contributed by atoms with Gasteiger partial charge < -0.3 is 19.5 Å². The molecule has 2 rings (SSSR count). The van der Waals surface area contributed by atoms with E-state index in [0.717, 1.165) is 4.47 Å². The average molecular weight is 371 g/mol. The lowest BCUT2D eigenvalue weighted by Gasteiger charge is -2.38. The summed E-state index contributed by atoms with van der Waals surface area (Å²) in [7, 11) is -1.14. The zero-order valence-electron chi connectivity index (χ0n) is 13.6. The van der Waals surface area contributed by atoms with E-state index in [9.17, 15) is 10.1 Å². The first kappa shape index (κ1) is 17.8. The second kappa shape index (κ2) is 6.52. The molecule has 0 aliphatic heterocycles. The molecule has 1 saturated carbocycles. The third-order valence-electron chi connectivity index (χ3n) is 4.24. The smallest absolute Gasteiger partial charge is 0.491 e. The third-order valence-corrected chi connectivity index (χ3v) is 4.70. The van der Waals surface area contributed by atoms with Crippen LogP contribution >= 0.6 is 15.9 Å². The zero-order chi connectivity index (χ0) is 16.5. The van der Waals surface area contributed by atoms with Crippen LogP contribution in [-0.4, -0.2) is 35.1 Å². The lowest BCUT2D eigenvalue weighted by atomic mass is 9.76. The normalized spacial score (nSPS) is 15.8. The molecule has 122 valence electrons. The summed E-state index contributed by atoms with van der Waals surface area (Å²) in [6.07, 6.45) is 2.46.